The summed E-state index contributed by atoms with van der Waals surface area (Å²) in [4.78, 5) is 12.7. The Balaban J connectivity index is 2.12. The average Bonchev–Trinajstić information content (AvgIpc) is 3.05. The van der Waals surface area contributed by atoms with E-state index in [0.717, 1.165) is 11.3 Å². The zero-order valence-corrected chi connectivity index (χ0v) is 18.1. The van der Waals surface area contributed by atoms with Gasteiger partial charge in [-0.2, -0.15) is 0 Å². The number of hydrogen-bond acceptors (Lipinski definition) is 4. The number of halogens is 1. The predicted molar refractivity (Wildman–Crippen MR) is 117 cm³/mol. The first kappa shape index (κ1) is 22.0. The van der Waals surface area contributed by atoms with Gasteiger partial charge in [0.2, 0.25) is 10.0 Å². The Hall–Kier alpha value is -2.65. The molecule has 3 rings (SSSR count). The zero-order valence-electron chi connectivity index (χ0n) is 16.6. The van der Waals surface area contributed by atoms with Crippen molar-refractivity contribution in [2.45, 2.75) is 11.8 Å². The Morgan fingerprint density at radius 3 is 2.33 bits per heavy atom. The average molecular weight is 448 g/mol. The molecule has 7 nitrogen and oxygen atoms in total. The van der Waals surface area contributed by atoms with Gasteiger partial charge in [0.25, 0.3) is 5.91 Å². The summed E-state index contributed by atoms with van der Waals surface area (Å²) < 4.78 is 30.0. The maximum absolute atomic E-state index is 12.7. The van der Waals surface area contributed by atoms with Crippen molar-refractivity contribution in [2.24, 2.45) is 5.14 Å². The predicted octanol–water partition coefficient (Wildman–Crippen LogP) is 3.13. The van der Waals surface area contributed by atoms with Crippen molar-refractivity contribution in [3.8, 4) is 16.9 Å². The standard InChI is InChI=1S/C21H22ClN3O4S/c1-14-19(21(26)24-11-12-29-2)13-20(15-3-5-16(22)6-4-15)25(14)17-7-9-18(10-8-17)30(23,27)28/h3-10,13H,11-12H2,1-2H3,(H,24,26)(H2,23,27,28). The number of nitrogens with two attached hydrogens (primary N) is 1. The van der Waals surface area contributed by atoms with Crippen LogP contribution in [-0.4, -0.2) is 39.2 Å². The summed E-state index contributed by atoms with van der Waals surface area (Å²) in [5.74, 6) is -0.223. The van der Waals surface area contributed by atoms with Gasteiger partial charge in [0.1, 0.15) is 0 Å². The van der Waals surface area contributed by atoms with Crippen LogP contribution in [0.4, 0.5) is 0 Å². The van der Waals surface area contributed by atoms with E-state index < -0.39 is 10.0 Å². The van der Waals surface area contributed by atoms with Gasteiger partial charge < -0.3 is 14.6 Å². The number of aromatic nitrogens is 1. The van der Waals surface area contributed by atoms with Gasteiger partial charge in [-0.25, -0.2) is 13.6 Å². The quantitative estimate of drug-likeness (QED) is 0.543. The number of methoxy groups -OCH3 is 1. The van der Waals surface area contributed by atoms with E-state index in [9.17, 15) is 13.2 Å². The van der Waals surface area contributed by atoms with E-state index in [1.54, 1.807) is 37.4 Å². The van der Waals surface area contributed by atoms with Crippen molar-refractivity contribution in [3.63, 3.8) is 0 Å². The molecule has 158 valence electrons. The van der Waals surface area contributed by atoms with Crippen LogP contribution in [0.1, 0.15) is 16.1 Å². The molecule has 1 aromatic heterocycles. The number of primary sulfonamides is 1. The highest BCUT2D eigenvalue weighted by molar-refractivity contribution is 7.89. The monoisotopic (exact) mass is 447 g/mol. The maximum Gasteiger partial charge on any atom is 0.253 e. The number of sulfonamides is 1. The second kappa shape index (κ2) is 9.01. The minimum absolute atomic E-state index is 0.0154. The fraction of sp³-hybridized carbons (Fsp3) is 0.190. The first-order chi connectivity index (χ1) is 14.2. The summed E-state index contributed by atoms with van der Waals surface area (Å²) in [6.07, 6.45) is 0. The van der Waals surface area contributed by atoms with Crippen molar-refractivity contribution in [1.29, 1.82) is 0 Å². The molecule has 9 heteroatoms. The van der Waals surface area contributed by atoms with Gasteiger partial charge in [0.05, 0.1) is 22.8 Å². The highest BCUT2D eigenvalue weighted by Crippen LogP contribution is 2.30. The molecule has 1 heterocycles. The Morgan fingerprint density at radius 2 is 1.77 bits per heavy atom. The van der Waals surface area contributed by atoms with Crippen LogP contribution in [0, 0.1) is 6.92 Å². The minimum atomic E-state index is -3.80. The van der Waals surface area contributed by atoms with Crippen molar-refractivity contribution >= 4 is 27.5 Å². The number of benzene rings is 2. The van der Waals surface area contributed by atoms with Gasteiger partial charge >= 0.3 is 0 Å². The third-order valence-corrected chi connectivity index (χ3v) is 5.83. The van der Waals surface area contributed by atoms with Gasteiger partial charge in [0.15, 0.2) is 0 Å². The summed E-state index contributed by atoms with van der Waals surface area (Å²) in [7, 11) is -2.23. The van der Waals surface area contributed by atoms with Gasteiger partial charge in [-0.3, -0.25) is 4.79 Å². The molecule has 30 heavy (non-hydrogen) atoms. The van der Waals surface area contributed by atoms with Crippen LogP contribution in [0.15, 0.2) is 59.5 Å². The molecule has 0 bridgehead atoms. The fourth-order valence-electron chi connectivity index (χ4n) is 3.15. The topological polar surface area (TPSA) is 103 Å². The molecule has 3 aromatic rings. The van der Waals surface area contributed by atoms with Crippen LogP contribution in [0.5, 0.6) is 0 Å². The molecule has 0 unspecified atom stereocenters. The number of nitrogens with zero attached hydrogens (tertiary/aromatic N) is 1. The molecule has 3 N–H and O–H groups in total. The lowest BCUT2D eigenvalue weighted by Gasteiger charge is -2.13. The SMILES string of the molecule is COCCNC(=O)c1cc(-c2ccc(Cl)cc2)n(-c2ccc(S(N)(=O)=O)cc2)c1C. The van der Waals surface area contributed by atoms with E-state index in [1.165, 1.54) is 12.1 Å². The normalized spacial score (nSPS) is 11.5. The molecule has 0 aliphatic heterocycles. The molecule has 0 atom stereocenters. The number of rotatable bonds is 7. The molecule has 0 radical (unpaired) electrons. The molecule has 0 spiro atoms. The second-order valence-corrected chi connectivity index (χ2v) is 8.66. The van der Waals surface area contributed by atoms with E-state index in [4.69, 9.17) is 21.5 Å². The molecule has 2 aromatic carbocycles. The van der Waals surface area contributed by atoms with Crippen molar-refractivity contribution in [1.82, 2.24) is 9.88 Å². The number of amides is 1. The van der Waals surface area contributed by atoms with Gasteiger partial charge in [-0.15, -0.1) is 0 Å². The van der Waals surface area contributed by atoms with E-state index in [2.05, 4.69) is 5.32 Å². The van der Waals surface area contributed by atoms with Gasteiger partial charge in [0, 0.05) is 30.1 Å². The molecule has 0 aliphatic carbocycles. The number of hydrogen-bond donors (Lipinski definition) is 2. The Morgan fingerprint density at radius 1 is 1.13 bits per heavy atom. The van der Waals surface area contributed by atoms with Crippen molar-refractivity contribution in [2.75, 3.05) is 20.3 Å². The summed E-state index contributed by atoms with van der Waals surface area (Å²) in [5, 5.41) is 8.63. The first-order valence-corrected chi connectivity index (χ1v) is 11.0. The van der Waals surface area contributed by atoms with E-state index in [1.807, 2.05) is 23.6 Å². The van der Waals surface area contributed by atoms with E-state index in [0.29, 0.717) is 35.1 Å². The number of nitrogens with one attached hydrogen (secondary N) is 1. The van der Waals surface area contributed by atoms with E-state index >= 15 is 0 Å². The van der Waals surface area contributed by atoms with Crippen LogP contribution >= 0.6 is 11.6 Å². The van der Waals surface area contributed by atoms with E-state index in [-0.39, 0.29) is 10.8 Å². The Kier molecular flexibility index (Phi) is 6.62. The second-order valence-electron chi connectivity index (χ2n) is 6.66. The van der Waals surface area contributed by atoms with Crippen LogP contribution in [0.3, 0.4) is 0 Å². The van der Waals surface area contributed by atoms with Crippen molar-refractivity contribution < 1.29 is 17.9 Å². The van der Waals surface area contributed by atoms with Crippen LogP contribution in [-0.2, 0) is 14.8 Å². The summed E-state index contributed by atoms with van der Waals surface area (Å²) in [5.41, 5.74) is 3.53. The van der Waals surface area contributed by atoms with Crippen molar-refractivity contribution in [3.05, 3.63) is 70.9 Å². The summed E-state index contributed by atoms with van der Waals surface area (Å²) in [6, 6.07) is 15.2. The van der Waals surface area contributed by atoms with Gasteiger partial charge in [-0.05, 0) is 55.0 Å². The number of carbonyl (C=O) groups excluding carboxylic acids is 1. The number of ether oxygens (including phenoxy) is 1. The van der Waals surface area contributed by atoms with Crippen LogP contribution in [0.25, 0.3) is 16.9 Å². The lowest BCUT2D eigenvalue weighted by molar-refractivity contribution is 0.0936. The molecule has 1 amide bonds. The number of carbonyl (C=O) groups is 1. The summed E-state index contributed by atoms with van der Waals surface area (Å²) in [6.45, 7) is 2.63. The smallest absolute Gasteiger partial charge is 0.253 e. The fourth-order valence-corrected chi connectivity index (χ4v) is 3.79. The highest BCUT2D eigenvalue weighted by Gasteiger charge is 2.20. The molecule has 0 aliphatic rings. The molecule has 0 fully saturated rings. The molecular weight excluding hydrogens is 426 g/mol. The highest BCUT2D eigenvalue weighted by atomic mass is 35.5. The molecule has 0 saturated carbocycles. The Bertz CT molecular complexity index is 1150. The van der Waals surface area contributed by atoms with Gasteiger partial charge in [-0.1, -0.05) is 23.7 Å². The summed E-state index contributed by atoms with van der Waals surface area (Å²) >= 11 is 6.02. The largest absolute Gasteiger partial charge is 0.383 e. The lowest BCUT2D eigenvalue weighted by atomic mass is 10.1. The molecular formula is C21H22ClN3O4S. The lowest BCUT2D eigenvalue weighted by Crippen LogP contribution is -2.27. The maximum atomic E-state index is 12.7. The first-order valence-electron chi connectivity index (χ1n) is 9.11. The van der Waals surface area contributed by atoms with Crippen LogP contribution in [0.2, 0.25) is 5.02 Å². The third-order valence-electron chi connectivity index (χ3n) is 4.65. The molecule has 0 saturated heterocycles. The zero-order chi connectivity index (χ0) is 21.9. The Labute approximate surface area is 180 Å². The van der Waals surface area contributed by atoms with Crippen LogP contribution < -0.4 is 10.5 Å². The minimum Gasteiger partial charge on any atom is -0.383 e. The third kappa shape index (κ3) is 4.73.